The van der Waals surface area contributed by atoms with Crippen molar-refractivity contribution < 1.29 is 0 Å². The summed E-state index contributed by atoms with van der Waals surface area (Å²) in [4.78, 5) is 0. The Morgan fingerprint density at radius 2 is 1.85 bits per heavy atom. The van der Waals surface area contributed by atoms with Crippen molar-refractivity contribution in [3.05, 3.63) is 35.4 Å². The van der Waals surface area contributed by atoms with E-state index < -0.39 is 0 Å². The Morgan fingerprint density at radius 1 is 1.15 bits per heavy atom. The van der Waals surface area contributed by atoms with Gasteiger partial charge in [0.25, 0.3) is 0 Å². The maximum absolute atomic E-state index is 2.41. The molecule has 1 saturated carbocycles. The molecule has 1 atom stereocenters. The van der Waals surface area contributed by atoms with Gasteiger partial charge in [0.15, 0.2) is 0 Å². The fourth-order valence-electron chi connectivity index (χ4n) is 3.28. The first-order chi connectivity index (χ1) is 6.16. The molecule has 0 radical (unpaired) electrons. The van der Waals surface area contributed by atoms with Crippen molar-refractivity contribution in [1.82, 2.24) is 0 Å². The molecule has 13 heavy (non-hydrogen) atoms. The molecule has 0 heterocycles. The number of benzene rings is 1. The highest BCUT2D eigenvalue weighted by atomic mass is 14.7. The Kier molecular flexibility index (Phi) is 1.17. The van der Waals surface area contributed by atoms with Crippen LogP contribution in [0, 0.1) is 5.41 Å². The number of hydrogen-bond donors (Lipinski definition) is 0. The van der Waals surface area contributed by atoms with Crippen LogP contribution in [0.3, 0.4) is 0 Å². The Hall–Kier alpha value is -0.780. The van der Waals surface area contributed by atoms with Crippen LogP contribution < -0.4 is 0 Å². The summed E-state index contributed by atoms with van der Waals surface area (Å²) in [5, 5.41) is 0. The number of fused-ring (bicyclic) bond motifs is 2. The van der Waals surface area contributed by atoms with Crippen molar-refractivity contribution in [2.45, 2.75) is 38.5 Å². The molecule has 1 unspecified atom stereocenters. The van der Waals surface area contributed by atoms with Crippen LogP contribution in [0.5, 0.6) is 0 Å². The Bertz CT molecular complexity index is 362. The topological polar surface area (TPSA) is 0 Å². The largest absolute Gasteiger partial charge is 0.0620 e. The molecule has 2 aliphatic carbocycles. The average molecular weight is 172 g/mol. The number of hydrogen-bond acceptors (Lipinski definition) is 0. The van der Waals surface area contributed by atoms with Crippen LogP contribution >= 0.6 is 0 Å². The van der Waals surface area contributed by atoms with Crippen LogP contribution in [0.4, 0.5) is 0 Å². The minimum atomic E-state index is 0.569. The number of rotatable bonds is 0. The summed E-state index contributed by atoms with van der Waals surface area (Å²) in [6, 6.07) is 9.02. The van der Waals surface area contributed by atoms with E-state index in [1.807, 2.05) is 0 Å². The standard InChI is InChI=1S/C13H16/c1-12(2)9-13(12)8-7-10-5-3-4-6-11(10)13/h3-6H,7-9H2,1-2H3. The molecule has 0 nitrogen and oxygen atoms in total. The van der Waals surface area contributed by atoms with Gasteiger partial charge in [0.1, 0.15) is 0 Å². The summed E-state index contributed by atoms with van der Waals surface area (Å²) >= 11 is 0. The third kappa shape index (κ3) is 0.769. The third-order valence-electron chi connectivity index (χ3n) is 4.27. The van der Waals surface area contributed by atoms with E-state index >= 15 is 0 Å². The van der Waals surface area contributed by atoms with Gasteiger partial charge >= 0.3 is 0 Å². The molecule has 1 spiro atoms. The molecule has 1 fully saturated rings. The summed E-state index contributed by atoms with van der Waals surface area (Å²) in [5.41, 5.74) is 4.40. The van der Waals surface area contributed by atoms with Crippen LogP contribution in [0.25, 0.3) is 0 Å². The van der Waals surface area contributed by atoms with Crippen LogP contribution in [-0.4, -0.2) is 0 Å². The minimum absolute atomic E-state index is 0.569. The van der Waals surface area contributed by atoms with Gasteiger partial charge in [-0.05, 0) is 35.8 Å². The minimum Gasteiger partial charge on any atom is -0.0620 e. The molecule has 1 aromatic rings. The third-order valence-corrected chi connectivity index (χ3v) is 4.27. The second-order valence-electron chi connectivity index (χ2n) is 5.30. The fourth-order valence-corrected chi connectivity index (χ4v) is 3.28. The first-order valence-electron chi connectivity index (χ1n) is 5.24. The molecule has 0 saturated heterocycles. The smallest absolute Gasteiger partial charge is 0.00157 e. The Labute approximate surface area is 80.0 Å². The molecule has 0 heteroatoms. The molecule has 1 aromatic carbocycles. The van der Waals surface area contributed by atoms with E-state index in [9.17, 15) is 0 Å². The van der Waals surface area contributed by atoms with Crippen LogP contribution in [-0.2, 0) is 11.8 Å². The lowest BCUT2D eigenvalue weighted by Crippen LogP contribution is -2.09. The van der Waals surface area contributed by atoms with Gasteiger partial charge in [0.2, 0.25) is 0 Å². The fraction of sp³-hybridized carbons (Fsp3) is 0.538. The Morgan fingerprint density at radius 3 is 2.54 bits per heavy atom. The van der Waals surface area contributed by atoms with Crippen molar-refractivity contribution in [2.24, 2.45) is 5.41 Å². The van der Waals surface area contributed by atoms with Gasteiger partial charge in [-0.15, -0.1) is 0 Å². The maximum Gasteiger partial charge on any atom is 0.00157 e. The summed E-state index contributed by atoms with van der Waals surface area (Å²) in [7, 11) is 0. The molecule has 3 rings (SSSR count). The van der Waals surface area contributed by atoms with E-state index in [0.29, 0.717) is 10.8 Å². The zero-order valence-corrected chi connectivity index (χ0v) is 8.43. The molecule has 2 aliphatic rings. The summed E-state index contributed by atoms with van der Waals surface area (Å²) in [6.45, 7) is 4.82. The van der Waals surface area contributed by atoms with Crippen molar-refractivity contribution in [3.8, 4) is 0 Å². The highest BCUT2D eigenvalue weighted by Gasteiger charge is 2.63. The van der Waals surface area contributed by atoms with Crippen LogP contribution in [0.1, 0.15) is 37.8 Å². The number of aryl methyl sites for hydroxylation is 1. The second kappa shape index (κ2) is 2.00. The molecule has 0 aromatic heterocycles. The van der Waals surface area contributed by atoms with Crippen molar-refractivity contribution in [2.75, 3.05) is 0 Å². The SMILES string of the molecule is CC1(C)CC12CCc1ccccc12. The van der Waals surface area contributed by atoms with Crippen molar-refractivity contribution >= 4 is 0 Å². The van der Waals surface area contributed by atoms with Crippen LogP contribution in [0.2, 0.25) is 0 Å². The quantitative estimate of drug-likeness (QED) is 0.563. The monoisotopic (exact) mass is 172 g/mol. The zero-order valence-electron chi connectivity index (χ0n) is 8.43. The predicted molar refractivity (Wildman–Crippen MR) is 54.8 cm³/mol. The normalized spacial score (nSPS) is 33.4. The first kappa shape index (κ1) is 7.61. The van der Waals surface area contributed by atoms with E-state index in [2.05, 4.69) is 38.1 Å². The van der Waals surface area contributed by atoms with Gasteiger partial charge in [-0.1, -0.05) is 38.1 Å². The molecule has 0 amide bonds. The lowest BCUT2D eigenvalue weighted by atomic mass is 9.90. The van der Waals surface area contributed by atoms with Crippen molar-refractivity contribution in [3.63, 3.8) is 0 Å². The van der Waals surface area contributed by atoms with Gasteiger partial charge in [-0.25, -0.2) is 0 Å². The van der Waals surface area contributed by atoms with Crippen LogP contribution in [0.15, 0.2) is 24.3 Å². The molecule has 0 aliphatic heterocycles. The predicted octanol–water partition coefficient (Wildman–Crippen LogP) is 3.30. The maximum atomic E-state index is 2.41. The summed E-state index contributed by atoms with van der Waals surface area (Å²) in [5.74, 6) is 0. The summed E-state index contributed by atoms with van der Waals surface area (Å²) < 4.78 is 0. The van der Waals surface area contributed by atoms with Gasteiger partial charge < -0.3 is 0 Å². The first-order valence-corrected chi connectivity index (χ1v) is 5.24. The van der Waals surface area contributed by atoms with Gasteiger partial charge in [0, 0.05) is 5.41 Å². The van der Waals surface area contributed by atoms with E-state index in [1.54, 1.807) is 11.1 Å². The lowest BCUT2D eigenvalue weighted by molar-refractivity contribution is 0.493. The molecule has 68 valence electrons. The molecular formula is C13H16. The Balaban J connectivity index is 2.15. The highest BCUT2D eigenvalue weighted by Crippen LogP contribution is 2.69. The van der Waals surface area contributed by atoms with Crippen molar-refractivity contribution in [1.29, 1.82) is 0 Å². The van der Waals surface area contributed by atoms with Gasteiger partial charge in [-0.3, -0.25) is 0 Å². The molecular weight excluding hydrogens is 156 g/mol. The molecule has 0 bridgehead atoms. The zero-order chi connectivity index (χ0) is 9.10. The van der Waals surface area contributed by atoms with E-state index in [0.717, 1.165) is 0 Å². The molecule has 0 N–H and O–H groups in total. The summed E-state index contributed by atoms with van der Waals surface area (Å²) in [6.07, 6.45) is 4.09. The van der Waals surface area contributed by atoms with Gasteiger partial charge in [0.05, 0.1) is 0 Å². The van der Waals surface area contributed by atoms with Gasteiger partial charge in [-0.2, -0.15) is 0 Å². The lowest BCUT2D eigenvalue weighted by Gasteiger charge is -2.14. The van der Waals surface area contributed by atoms with E-state index in [-0.39, 0.29) is 0 Å². The van der Waals surface area contributed by atoms with E-state index in [1.165, 1.54) is 19.3 Å². The van der Waals surface area contributed by atoms with E-state index in [4.69, 9.17) is 0 Å². The second-order valence-corrected chi connectivity index (χ2v) is 5.30. The average Bonchev–Trinajstić information content (AvgIpc) is 2.51. The highest BCUT2D eigenvalue weighted by molar-refractivity contribution is 5.46.